The van der Waals surface area contributed by atoms with Gasteiger partial charge < -0.3 is 14.2 Å². The Kier molecular flexibility index (Phi) is 14.4. The first-order valence-electron chi connectivity index (χ1n) is 23.0. The van der Waals surface area contributed by atoms with Crippen molar-refractivity contribution in [1.29, 1.82) is 15.8 Å². The normalized spacial score (nSPS) is 36.2. The fourth-order valence-electron chi connectivity index (χ4n) is 12.5. The molecule has 1 aromatic heterocycles. The molecule has 57 heavy (non-hydrogen) atoms. The minimum atomic E-state index is -0.385. The summed E-state index contributed by atoms with van der Waals surface area (Å²) in [6.07, 6.45) is 32.0. The summed E-state index contributed by atoms with van der Waals surface area (Å²) >= 11 is 0. The Morgan fingerprint density at radius 3 is 0.737 bits per heavy atom. The third-order valence-corrected chi connectivity index (χ3v) is 15.8. The molecule has 12 nitrogen and oxygen atoms in total. The summed E-state index contributed by atoms with van der Waals surface area (Å²) in [5.41, 5.74) is -1.15. The van der Waals surface area contributed by atoms with Gasteiger partial charge in [-0.3, -0.25) is 0 Å². The smallest absolute Gasteiger partial charge is 0.336 e. The quantitative estimate of drug-likeness (QED) is 0.188. The number of hydrogen-bond donors (Lipinski definition) is 0. The maximum absolute atomic E-state index is 14.6. The molecule has 0 spiro atoms. The summed E-state index contributed by atoms with van der Waals surface area (Å²) in [5.74, 6) is 3.61. The fourth-order valence-corrected chi connectivity index (χ4v) is 12.5. The van der Waals surface area contributed by atoms with Crippen LogP contribution in [0.4, 0.5) is 0 Å². The van der Waals surface area contributed by atoms with Crippen LogP contribution in [0.3, 0.4) is 0 Å². The molecule has 6 saturated carbocycles. The van der Waals surface area contributed by atoms with Crippen molar-refractivity contribution >= 4 is 0 Å². The molecule has 1 heterocycles. The van der Waals surface area contributed by atoms with Crippen LogP contribution in [-0.4, -0.2) is 32.0 Å². The van der Waals surface area contributed by atoms with Crippen molar-refractivity contribution in [3.63, 3.8) is 0 Å². The third-order valence-electron chi connectivity index (χ3n) is 15.8. The van der Waals surface area contributed by atoms with E-state index in [0.29, 0.717) is 35.5 Å². The molecule has 6 aliphatic carbocycles. The van der Waals surface area contributed by atoms with Crippen molar-refractivity contribution in [2.24, 2.45) is 35.5 Å². The predicted molar refractivity (Wildman–Crippen MR) is 213 cm³/mol. The molecule has 0 amide bonds. The van der Waals surface area contributed by atoms with Gasteiger partial charge in [0.05, 0.1) is 0 Å². The van der Waals surface area contributed by atoms with E-state index in [1.807, 2.05) is 18.8 Å². The van der Waals surface area contributed by atoms with E-state index < -0.39 is 0 Å². The topological polar surface area (TPSA) is 165 Å². The highest BCUT2D eigenvalue weighted by Crippen LogP contribution is 2.42. The van der Waals surface area contributed by atoms with Gasteiger partial charge in [0.1, 0.15) is 18.3 Å². The Morgan fingerprint density at radius 1 is 0.351 bits per heavy atom. The van der Waals surface area contributed by atoms with Crippen LogP contribution >= 0.6 is 0 Å². The van der Waals surface area contributed by atoms with Gasteiger partial charge in [0.2, 0.25) is 0 Å². The highest BCUT2D eigenvalue weighted by atomic mass is 16.5. The molecule has 0 radical (unpaired) electrons. The highest BCUT2D eigenvalue weighted by molar-refractivity contribution is 4.94. The Labute approximate surface area is 338 Å². The van der Waals surface area contributed by atoms with Crippen molar-refractivity contribution in [3.8, 4) is 18.8 Å². The van der Waals surface area contributed by atoms with Crippen molar-refractivity contribution < 1.29 is 14.2 Å². The minimum absolute atomic E-state index is 0.0597. The zero-order valence-electron chi connectivity index (χ0n) is 34.2. The molecule has 1 aromatic rings. The summed E-state index contributed by atoms with van der Waals surface area (Å²) < 4.78 is 20.2. The van der Waals surface area contributed by atoms with Gasteiger partial charge in [-0.1, -0.05) is 0 Å². The van der Waals surface area contributed by atoms with Crippen LogP contribution in [0.5, 0.6) is 0 Å². The zero-order chi connectivity index (χ0) is 39.7. The van der Waals surface area contributed by atoms with E-state index in [0.717, 1.165) is 173 Å². The first kappa shape index (κ1) is 41.4. The maximum Gasteiger partial charge on any atom is 0.336 e. The van der Waals surface area contributed by atoms with Crippen molar-refractivity contribution in [3.05, 3.63) is 31.5 Å². The molecule has 7 rings (SSSR count). The van der Waals surface area contributed by atoms with Crippen molar-refractivity contribution in [2.75, 3.05) is 0 Å². The van der Waals surface area contributed by atoms with E-state index in [4.69, 9.17) is 30.0 Å². The lowest BCUT2D eigenvalue weighted by molar-refractivity contribution is 0.0891. The van der Waals surface area contributed by atoms with E-state index in [9.17, 15) is 14.4 Å². The van der Waals surface area contributed by atoms with Crippen LogP contribution in [0.2, 0.25) is 0 Å². The molecule has 0 N–H and O–H groups in total. The molecule has 0 aliphatic heterocycles. The molecule has 0 unspecified atom stereocenters. The molecule has 6 fully saturated rings. The fraction of sp³-hybridized carbons (Fsp3) is 0.867. The van der Waals surface area contributed by atoms with Crippen LogP contribution in [0, 0.1) is 70.1 Å². The predicted octanol–water partition coefficient (Wildman–Crippen LogP) is 8.71. The van der Waals surface area contributed by atoms with E-state index in [1.165, 1.54) is 13.7 Å². The molecule has 0 bridgehead atoms. The van der Waals surface area contributed by atoms with Crippen LogP contribution < -0.4 is 17.1 Å². The highest BCUT2D eigenvalue weighted by Gasteiger charge is 2.36. The number of nitrogens with zero attached hydrogens (tertiary/aromatic N) is 6. The van der Waals surface area contributed by atoms with Crippen molar-refractivity contribution in [1.82, 2.24) is 13.7 Å². The SMILES string of the molecule is N#COC1CCC(CC2CCC(n3c(=O)n(C4CCC(CC5CCC(OC#N)CC5)CC4)c(=O)n(C4CCC(CC5CCC(OC#N)CC5)CC4)c3=O)CC2)CC1. The summed E-state index contributed by atoms with van der Waals surface area (Å²) in [6.45, 7) is 0. The third kappa shape index (κ3) is 10.3. The van der Waals surface area contributed by atoms with Gasteiger partial charge in [0, 0.05) is 18.1 Å². The minimum Gasteiger partial charge on any atom is -0.424 e. The van der Waals surface area contributed by atoms with E-state index in [1.54, 1.807) is 0 Å². The van der Waals surface area contributed by atoms with Gasteiger partial charge in [-0.15, -0.1) is 0 Å². The molecule has 312 valence electrons. The first-order chi connectivity index (χ1) is 27.8. The van der Waals surface area contributed by atoms with Gasteiger partial charge >= 0.3 is 17.1 Å². The molecule has 0 saturated heterocycles. The van der Waals surface area contributed by atoms with Gasteiger partial charge in [0.15, 0.2) is 0 Å². The lowest BCUT2D eigenvalue weighted by Crippen LogP contribution is -2.58. The Bertz CT molecular complexity index is 1520. The Morgan fingerprint density at radius 2 is 0.544 bits per heavy atom. The first-order valence-corrected chi connectivity index (χ1v) is 23.0. The zero-order valence-corrected chi connectivity index (χ0v) is 34.2. The second-order valence-electron chi connectivity index (χ2n) is 19.2. The monoisotopic (exact) mass is 787 g/mol. The summed E-state index contributed by atoms with van der Waals surface area (Å²) in [6, 6.07) is -0.564. The lowest BCUT2D eigenvalue weighted by atomic mass is 9.76. The molecule has 6 aliphatic rings. The van der Waals surface area contributed by atoms with E-state index in [2.05, 4.69) is 0 Å². The standard InChI is InChI=1S/C45H66N6O6/c46-28-55-40-19-7-34(8-20-40)25-31-1-13-37(14-2-31)49-43(52)50(38-15-3-32(4-16-38)26-35-9-21-41(22-10-35)56-29-47)45(54)51(44(49)53)39-17-5-33(6-18-39)27-36-11-23-42(24-12-36)57-30-48/h31-42H,1-27H2. The van der Waals surface area contributed by atoms with Crippen LogP contribution in [-0.2, 0) is 14.2 Å². The van der Waals surface area contributed by atoms with Crippen LogP contribution in [0.25, 0.3) is 0 Å². The number of hydrogen-bond acceptors (Lipinski definition) is 9. The molecular weight excluding hydrogens is 721 g/mol. The summed E-state index contributed by atoms with van der Waals surface area (Å²) in [4.78, 5) is 43.7. The summed E-state index contributed by atoms with van der Waals surface area (Å²) in [5, 5.41) is 26.7. The second-order valence-corrected chi connectivity index (χ2v) is 19.2. The molecule has 0 aromatic carbocycles. The average Bonchev–Trinajstić information content (AvgIpc) is 3.22. The maximum atomic E-state index is 14.6. The number of nitriles is 3. The second kappa shape index (κ2) is 19.8. The molecular formula is C45H66N6O6. The summed E-state index contributed by atoms with van der Waals surface area (Å²) in [7, 11) is 0. The van der Waals surface area contributed by atoms with Crippen LogP contribution in [0.15, 0.2) is 14.4 Å². The van der Waals surface area contributed by atoms with Gasteiger partial charge in [-0.2, -0.15) is 15.8 Å². The van der Waals surface area contributed by atoms with Crippen LogP contribution in [0.1, 0.15) is 191 Å². The van der Waals surface area contributed by atoms with E-state index >= 15 is 0 Å². The Balaban J connectivity index is 1.03. The number of ether oxygens (including phenoxy) is 3. The van der Waals surface area contributed by atoms with Gasteiger partial charge in [-0.05, 0) is 209 Å². The average molecular weight is 787 g/mol. The number of aromatic nitrogens is 3. The molecule has 12 heteroatoms. The Hall–Kier alpha value is -3.72. The van der Waals surface area contributed by atoms with Gasteiger partial charge in [-0.25, -0.2) is 28.1 Å². The number of rotatable bonds is 12. The van der Waals surface area contributed by atoms with E-state index in [-0.39, 0.29) is 53.5 Å². The molecule has 0 atom stereocenters. The lowest BCUT2D eigenvalue weighted by Gasteiger charge is -2.36. The van der Waals surface area contributed by atoms with Crippen molar-refractivity contribution in [2.45, 2.75) is 210 Å². The van der Waals surface area contributed by atoms with Gasteiger partial charge in [0.25, 0.3) is 18.8 Å². The largest absolute Gasteiger partial charge is 0.424 e.